The Kier molecular flexibility index (Phi) is 11.0. The first-order valence-electron chi connectivity index (χ1n) is 12.0. The summed E-state index contributed by atoms with van der Waals surface area (Å²) in [6, 6.07) is 26.4. The van der Waals surface area contributed by atoms with Crippen LogP contribution >= 0.6 is 11.8 Å². The number of allylic oxidation sites excluding steroid dienone is 2. The molecular formula is C31H33N3O2S. The molecule has 190 valence electrons. The van der Waals surface area contributed by atoms with E-state index < -0.39 is 0 Å². The third-order valence-electron chi connectivity index (χ3n) is 5.54. The second kappa shape index (κ2) is 14.6. The van der Waals surface area contributed by atoms with Crippen LogP contribution in [0.4, 0.5) is 0 Å². The number of hydrazine groups is 1. The Morgan fingerprint density at radius 2 is 1.68 bits per heavy atom. The van der Waals surface area contributed by atoms with Gasteiger partial charge in [0.05, 0.1) is 18.5 Å². The monoisotopic (exact) mass is 511 g/mol. The standard InChI is InChI=1S/C29H29N3O2S.C2H4/c1-21-27(13-8-14-29(33)32-30-20-23-9-4-3-5-10-23)35-28-12-7-6-11-25(28)26(31-21)19-22-15-17-24(34-2)18-16-22;1-2/h3-13,15-18,30H,14,19-20H2,1-2H3,(H,32,33);1-2H2/b13-8-;. The molecule has 0 fully saturated rings. The van der Waals surface area contributed by atoms with Crippen molar-refractivity contribution >= 4 is 23.4 Å². The van der Waals surface area contributed by atoms with E-state index >= 15 is 0 Å². The average molecular weight is 512 g/mol. The molecule has 1 aliphatic heterocycles. The number of thioether (sulfide) groups is 1. The number of rotatable bonds is 9. The van der Waals surface area contributed by atoms with Gasteiger partial charge in [0.2, 0.25) is 5.91 Å². The number of hydrogen-bond acceptors (Lipinski definition) is 5. The van der Waals surface area contributed by atoms with Crippen LogP contribution in [0.5, 0.6) is 5.75 Å². The van der Waals surface area contributed by atoms with Gasteiger partial charge in [-0.25, -0.2) is 5.43 Å². The number of aliphatic imine (C=N–C) groups is 1. The minimum atomic E-state index is -0.0850. The zero-order chi connectivity index (χ0) is 26.5. The lowest BCUT2D eigenvalue weighted by atomic mass is 10.0. The Hall–Kier alpha value is -3.87. The number of nitrogens with zero attached hydrogens (tertiary/aromatic N) is 1. The Labute approximate surface area is 224 Å². The fourth-order valence-electron chi connectivity index (χ4n) is 3.69. The van der Waals surface area contributed by atoms with E-state index in [2.05, 4.69) is 48.3 Å². The summed E-state index contributed by atoms with van der Waals surface area (Å²) < 4.78 is 5.28. The van der Waals surface area contributed by atoms with Crippen molar-refractivity contribution in [2.24, 2.45) is 4.99 Å². The van der Waals surface area contributed by atoms with Crippen LogP contribution in [0, 0.1) is 0 Å². The fraction of sp³-hybridized carbons (Fsp3) is 0.161. The highest BCUT2D eigenvalue weighted by Gasteiger charge is 2.17. The van der Waals surface area contributed by atoms with Crippen LogP contribution in [0.25, 0.3) is 0 Å². The third kappa shape index (κ3) is 8.34. The molecule has 1 heterocycles. The highest BCUT2D eigenvalue weighted by Crippen LogP contribution is 2.36. The van der Waals surface area contributed by atoms with E-state index in [4.69, 9.17) is 9.73 Å². The summed E-state index contributed by atoms with van der Waals surface area (Å²) >= 11 is 1.68. The molecule has 4 rings (SSSR count). The van der Waals surface area contributed by atoms with Gasteiger partial charge in [0.1, 0.15) is 5.75 Å². The maximum atomic E-state index is 12.2. The molecular weight excluding hydrogens is 478 g/mol. The van der Waals surface area contributed by atoms with Crippen LogP contribution in [-0.4, -0.2) is 18.7 Å². The molecule has 0 unspecified atom stereocenters. The molecule has 37 heavy (non-hydrogen) atoms. The highest BCUT2D eigenvalue weighted by molar-refractivity contribution is 8.03. The number of hydrogen-bond donors (Lipinski definition) is 2. The van der Waals surface area contributed by atoms with Crippen molar-refractivity contribution in [3.05, 3.63) is 131 Å². The molecule has 0 aromatic heterocycles. The van der Waals surface area contributed by atoms with Crippen LogP contribution in [0.1, 0.15) is 30.0 Å². The number of benzene rings is 3. The van der Waals surface area contributed by atoms with Crippen molar-refractivity contribution in [1.82, 2.24) is 10.9 Å². The molecule has 3 aromatic rings. The molecule has 1 aliphatic rings. The minimum Gasteiger partial charge on any atom is -0.497 e. The normalized spacial score (nSPS) is 12.6. The van der Waals surface area contributed by atoms with E-state index in [-0.39, 0.29) is 12.3 Å². The Morgan fingerprint density at radius 3 is 2.41 bits per heavy atom. The van der Waals surface area contributed by atoms with Gasteiger partial charge in [0.25, 0.3) is 0 Å². The summed E-state index contributed by atoms with van der Waals surface area (Å²) in [5, 5.41) is 0. The molecule has 6 heteroatoms. The number of methoxy groups -OCH3 is 1. The lowest BCUT2D eigenvalue weighted by molar-refractivity contribution is -0.121. The van der Waals surface area contributed by atoms with Crippen LogP contribution in [0.15, 0.2) is 125 Å². The molecule has 0 spiro atoms. The summed E-state index contributed by atoms with van der Waals surface area (Å²) in [6.45, 7) is 8.60. The maximum Gasteiger partial charge on any atom is 0.237 e. The van der Waals surface area contributed by atoms with Gasteiger partial charge in [0, 0.05) is 34.8 Å². The van der Waals surface area contributed by atoms with Crippen LogP contribution in [0.3, 0.4) is 0 Å². The first-order chi connectivity index (χ1) is 18.1. The molecule has 3 aromatic carbocycles. The summed E-state index contributed by atoms with van der Waals surface area (Å²) in [5.74, 6) is 0.758. The first kappa shape index (κ1) is 27.7. The lowest BCUT2D eigenvalue weighted by Gasteiger charge is -2.10. The maximum absolute atomic E-state index is 12.2. The van der Waals surface area contributed by atoms with Crippen LogP contribution < -0.4 is 15.6 Å². The smallest absolute Gasteiger partial charge is 0.237 e. The second-order valence-corrected chi connectivity index (χ2v) is 9.21. The van der Waals surface area contributed by atoms with Gasteiger partial charge in [-0.1, -0.05) is 78.5 Å². The predicted octanol–water partition coefficient (Wildman–Crippen LogP) is 6.63. The Bertz CT molecular complexity index is 1270. The van der Waals surface area contributed by atoms with Crippen molar-refractivity contribution in [3.63, 3.8) is 0 Å². The zero-order valence-electron chi connectivity index (χ0n) is 21.4. The largest absolute Gasteiger partial charge is 0.497 e. The van der Waals surface area contributed by atoms with E-state index in [1.807, 2.05) is 73.7 Å². The first-order valence-corrected chi connectivity index (χ1v) is 12.8. The second-order valence-electron chi connectivity index (χ2n) is 8.13. The summed E-state index contributed by atoms with van der Waals surface area (Å²) in [4.78, 5) is 19.4. The van der Waals surface area contributed by atoms with Crippen molar-refractivity contribution in [2.45, 2.75) is 31.2 Å². The van der Waals surface area contributed by atoms with Gasteiger partial charge in [-0.05, 0) is 42.3 Å². The summed E-state index contributed by atoms with van der Waals surface area (Å²) in [6.07, 6.45) is 4.89. The van der Waals surface area contributed by atoms with E-state index in [0.29, 0.717) is 6.54 Å². The van der Waals surface area contributed by atoms with E-state index in [1.165, 1.54) is 5.56 Å². The molecule has 2 N–H and O–H groups in total. The van der Waals surface area contributed by atoms with Crippen molar-refractivity contribution in [1.29, 1.82) is 0 Å². The molecule has 0 atom stereocenters. The number of carbonyl (C=O) groups excluding carboxylic acids is 1. The molecule has 0 saturated carbocycles. The van der Waals surface area contributed by atoms with E-state index in [0.717, 1.165) is 44.5 Å². The SMILES string of the molecule is C=C.COc1ccc(CC2=NC(C)=C(/C=C\CC(=O)NNCc3ccccc3)Sc3ccccc32)cc1. The summed E-state index contributed by atoms with van der Waals surface area (Å²) in [7, 11) is 1.67. The molecule has 1 amide bonds. The predicted molar refractivity (Wildman–Crippen MR) is 155 cm³/mol. The number of fused-ring (bicyclic) bond motifs is 1. The van der Waals surface area contributed by atoms with Gasteiger partial charge in [0.15, 0.2) is 0 Å². The summed E-state index contributed by atoms with van der Waals surface area (Å²) in [5.41, 5.74) is 11.1. The number of carbonyl (C=O) groups is 1. The molecule has 0 saturated heterocycles. The van der Waals surface area contributed by atoms with E-state index in [1.54, 1.807) is 18.9 Å². The Balaban J connectivity index is 0.00000186. The van der Waals surface area contributed by atoms with Gasteiger partial charge < -0.3 is 4.74 Å². The molecule has 5 nitrogen and oxygen atoms in total. The number of amides is 1. The lowest BCUT2D eigenvalue weighted by Crippen LogP contribution is -2.36. The number of nitrogens with one attached hydrogen (secondary N) is 2. The third-order valence-corrected chi connectivity index (χ3v) is 6.77. The van der Waals surface area contributed by atoms with Crippen LogP contribution in [-0.2, 0) is 17.8 Å². The van der Waals surface area contributed by atoms with Gasteiger partial charge in [-0.15, -0.1) is 13.2 Å². The zero-order valence-corrected chi connectivity index (χ0v) is 22.2. The van der Waals surface area contributed by atoms with Gasteiger partial charge in [-0.3, -0.25) is 15.2 Å². The quantitative estimate of drug-likeness (QED) is 0.250. The number of ether oxygens (including phenoxy) is 1. The fourth-order valence-corrected chi connectivity index (χ4v) is 4.73. The topological polar surface area (TPSA) is 62.7 Å². The highest BCUT2D eigenvalue weighted by atomic mass is 32.2. The van der Waals surface area contributed by atoms with Gasteiger partial charge in [-0.2, -0.15) is 0 Å². The molecule has 0 aliphatic carbocycles. The van der Waals surface area contributed by atoms with Crippen molar-refractivity contribution in [2.75, 3.05) is 7.11 Å². The van der Waals surface area contributed by atoms with E-state index in [9.17, 15) is 4.79 Å². The average Bonchev–Trinajstić information content (AvgIpc) is 3.07. The van der Waals surface area contributed by atoms with Crippen molar-refractivity contribution in [3.8, 4) is 5.75 Å². The Morgan fingerprint density at radius 1 is 0.973 bits per heavy atom. The van der Waals surface area contributed by atoms with Gasteiger partial charge >= 0.3 is 0 Å². The minimum absolute atomic E-state index is 0.0850. The molecule has 0 bridgehead atoms. The van der Waals surface area contributed by atoms with Crippen molar-refractivity contribution < 1.29 is 9.53 Å². The molecule has 0 radical (unpaired) electrons. The van der Waals surface area contributed by atoms with Crippen LogP contribution in [0.2, 0.25) is 0 Å².